The second-order valence-corrected chi connectivity index (χ2v) is 6.61. The lowest BCUT2D eigenvalue weighted by Crippen LogP contribution is -2.51. The summed E-state index contributed by atoms with van der Waals surface area (Å²) in [4.78, 5) is 11.7. The lowest BCUT2D eigenvalue weighted by Gasteiger charge is -2.31. The van der Waals surface area contributed by atoms with Gasteiger partial charge in [-0.15, -0.1) is 0 Å². The third-order valence-corrected chi connectivity index (χ3v) is 5.16. The maximum absolute atomic E-state index is 12.7. The summed E-state index contributed by atoms with van der Waals surface area (Å²) in [6, 6.07) is 6.21. The van der Waals surface area contributed by atoms with Gasteiger partial charge in [-0.3, -0.25) is 0 Å². The van der Waals surface area contributed by atoms with Crippen LogP contribution in [0.15, 0.2) is 29.2 Å². The Morgan fingerprint density at radius 2 is 2.10 bits per heavy atom. The summed E-state index contributed by atoms with van der Waals surface area (Å²) in [6.45, 7) is 3.30. The molecule has 0 radical (unpaired) electrons. The first-order valence-corrected chi connectivity index (χ1v) is 7.81. The van der Waals surface area contributed by atoms with Gasteiger partial charge in [0.2, 0.25) is 10.0 Å². The summed E-state index contributed by atoms with van der Waals surface area (Å²) in [5.74, 6) is -0.646. The fraction of sp³-hybridized carbons (Fsp3) is 0.462. The van der Waals surface area contributed by atoms with Crippen molar-refractivity contribution in [1.29, 1.82) is 0 Å². The van der Waals surface area contributed by atoms with Crippen LogP contribution < -0.4 is 5.32 Å². The standard InChI is InChI=1S/C13H18N2O4S/c1-10-9-15(8-7-14-10)20(17,18)12-6-4-3-5-11(12)13(16)19-2/h3-6,10,14H,7-9H2,1-2H3/t10-/m0/s1. The summed E-state index contributed by atoms with van der Waals surface area (Å²) in [7, 11) is -2.45. The number of esters is 1. The van der Waals surface area contributed by atoms with Gasteiger partial charge in [-0.2, -0.15) is 4.31 Å². The Labute approximate surface area is 118 Å². The molecule has 0 aliphatic carbocycles. The van der Waals surface area contributed by atoms with Crippen molar-refractivity contribution in [1.82, 2.24) is 9.62 Å². The highest BCUT2D eigenvalue weighted by atomic mass is 32.2. The van der Waals surface area contributed by atoms with E-state index in [1.807, 2.05) is 6.92 Å². The molecule has 20 heavy (non-hydrogen) atoms. The zero-order chi connectivity index (χ0) is 14.8. The largest absolute Gasteiger partial charge is 0.465 e. The fourth-order valence-corrected chi connectivity index (χ4v) is 3.93. The highest BCUT2D eigenvalue weighted by Gasteiger charge is 2.31. The number of ether oxygens (including phenoxy) is 1. The average Bonchev–Trinajstić information content (AvgIpc) is 2.46. The molecule has 0 unspecified atom stereocenters. The summed E-state index contributed by atoms with van der Waals surface area (Å²) >= 11 is 0. The van der Waals surface area contributed by atoms with Gasteiger partial charge >= 0.3 is 5.97 Å². The van der Waals surface area contributed by atoms with Gasteiger partial charge in [-0.05, 0) is 19.1 Å². The zero-order valence-electron chi connectivity index (χ0n) is 11.5. The van der Waals surface area contributed by atoms with Crippen molar-refractivity contribution in [2.75, 3.05) is 26.7 Å². The van der Waals surface area contributed by atoms with E-state index in [-0.39, 0.29) is 16.5 Å². The van der Waals surface area contributed by atoms with E-state index in [9.17, 15) is 13.2 Å². The van der Waals surface area contributed by atoms with E-state index in [1.54, 1.807) is 12.1 Å². The number of methoxy groups -OCH3 is 1. The van der Waals surface area contributed by atoms with Gasteiger partial charge in [0.1, 0.15) is 0 Å². The van der Waals surface area contributed by atoms with Gasteiger partial charge in [0.25, 0.3) is 0 Å². The van der Waals surface area contributed by atoms with Crippen molar-refractivity contribution >= 4 is 16.0 Å². The van der Waals surface area contributed by atoms with E-state index in [2.05, 4.69) is 10.1 Å². The molecule has 0 spiro atoms. The minimum absolute atomic E-state index is 0.000880. The molecule has 2 rings (SSSR count). The SMILES string of the molecule is COC(=O)c1ccccc1S(=O)(=O)N1CCN[C@@H](C)C1. The lowest BCUT2D eigenvalue weighted by atomic mass is 10.2. The molecule has 1 aromatic carbocycles. The van der Waals surface area contributed by atoms with E-state index >= 15 is 0 Å². The number of carbonyl (C=O) groups is 1. The minimum atomic E-state index is -3.69. The van der Waals surface area contributed by atoms with E-state index in [0.717, 1.165) is 0 Å². The van der Waals surface area contributed by atoms with Gasteiger partial charge in [-0.25, -0.2) is 13.2 Å². The van der Waals surface area contributed by atoms with Crippen LogP contribution >= 0.6 is 0 Å². The topological polar surface area (TPSA) is 75.7 Å². The molecule has 0 bridgehead atoms. The van der Waals surface area contributed by atoms with Gasteiger partial charge < -0.3 is 10.1 Å². The van der Waals surface area contributed by atoms with Crippen LogP contribution in [0.2, 0.25) is 0 Å². The predicted octanol–water partition coefficient (Wildman–Crippen LogP) is 0.456. The van der Waals surface area contributed by atoms with Crippen LogP contribution in [0.3, 0.4) is 0 Å². The van der Waals surface area contributed by atoms with Crippen LogP contribution in [0.1, 0.15) is 17.3 Å². The van der Waals surface area contributed by atoms with Crippen molar-refractivity contribution < 1.29 is 17.9 Å². The number of nitrogens with zero attached hydrogens (tertiary/aromatic N) is 1. The molecule has 0 saturated carbocycles. The summed E-state index contributed by atoms with van der Waals surface area (Å²) in [5.41, 5.74) is 0.0705. The number of benzene rings is 1. The number of rotatable bonds is 3. The first kappa shape index (κ1) is 15.0. The highest BCUT2D eigenvalue weighted by Crippen LogP contribution is 2.22. The highest BCUT2D eigenvalue weighted by molar-refractivity contribution is 7.89. The Balaban J connectivity index is 2.41. The van der Waals surface area contributed by atoms with Crippen molar-refractivity contribution in [3.8, 4) is 0 Å². The first-order valence-electron chi connectivity index (χ1n) is 6.37. The van der Waals surface area contributed by atoms with E-state index in [1.165, 1.54) is 23.5 Å². The van der Waals surface area contributed by atoms with Gasteiger partial charge in [0, 0.05) is 25.7 Å². The van der Waals surface area contributed by atoms with E-state index in [4.69, 9.17) is 0 Å². The number of hydrogen-bond acceptors (Lipinski definition) is 5. The molecule has 1 heterocycles. The molecule has 1 saturated heterocycles. The Kier molecular flexibility index (Phi) is 4.42. The molecular weight excluding hydrogens is 280 g/mol. The molecule has 0 amide bonds. The number of sulfonamides is 1. The molecule has 1 aliphatic heterocycles. The van der Waals surface area contributed by atoms with Crippen LogP contribution in [-0.2, 0) is 14.8 Å². The summed E-state index contributed by atoms with van der Waals surface area (Å²) in [6.07, 6.45) is 0. The van der Waals surface area contributed by atoms with Crippen molar-refractivity contribution in [3.63, 3.8) is 0 Å². The normalized spacial score (nSPS) is 20.6. The Bertz CT molecular complexity index is 600. The number of carbonyl (C=O) groups excluding carboxylic acids is 1. The van der Waals surface area contributed by atoms with Crippen molar-refractivity contribution in [2.45, 2.75) is 17.9 Å². The molecule has 0 aromatic heterocycles. The minimum Gasteiger partial charge on any atom is -0.465 e. The first-order chi connectivity index (χ1) is 9.46. The average molecular weight is 298 g/mol. The van der Waals surface area contributed by atoms with Crippen LogP contribution in [0.4, 0.5) is 0 Å². The summed E-state index contributed by atoms with van der Waals surface area (Å²) in [5, 5.41) is 3.19. The van der Waals surface area contributed by atoms with Gasteiger partial charge in [0.15, 0.2) is 0 Å². The number of hydrogen-bond donors (Lipinski definition) is 1. The van der Waals surface area contributed by atoms with E-state index in [0.29, 0.717) is 19.6 Å². The van der Waals surface area contributed by atoms with Crippen LogP contribution in [-0.4, -0.2) is 51.5 Å². The smallest absolute Gasteiger partial charge is 0.339 e. The maximum atomic E-state index is 12.7. The third-order valence-electron chi connectivity index (χ3n) is 3.24. The van der Waals surface area contributed by atoms with Crippen LogP contribution in [0, 0.1) is 0 Å². The molecule has 110 valence electrons. The van der Waals surface area contributed by atoms with E-state index < -0.39 is 16.0 Å². The molecule has 7 heteroatoms. The second-order valence-electron chi connectivity index (χ2n) is 4.71. The molecular formula is C13H18N2O4S. The number of piperazine rings is 1. The van der Waals surface area contributed by atoms with Crippen molar-refractivity contribution in [3.05, 3.63) is 29.8 Å². The zero-order valence-corrected chi connectivity index (χ0v) is 12.3. The monoisotopic (exact) mass is 298 g/mol. The number of nitrogens with one attached hydrogen (secondary N) is 1. The molecule has 1 N–H and O–H groups in total. The molecule has 6 nitrogen and oxygen atoms in total. The summed E-state index contributed by atoms with van der Waals surface area (Å²) < 4.78 is 31.4. The van der Waals surface area contributed by atoms with Crippen LogP contribution in [0.5, 0.6) is 0 Å². The fourth-order valence-electron chi connectivity index (χ4n) is 2.22. The van der Waals surface area contributed by atoms with Gasteiger partial charge in [-0.1, -0.05) is 12.1 Å². The van der Waals surface area contributed by atoms with Crippen molar-refractivity contribution in [2.24, 2.45) is 0 Å². The molecule has 1 atom stereocenters. The Hall–Kier alpha value is -1.44. The molecule has 1 fully saturated rings. The predicted molar refractivity (Wildman–Crippen MR) is 74.0 cm³/mol. The van der Waals surface area contributed by atoms with Crippen LogP contribution in [0.25, 0.3) is 0 Å². The Morgan fingerprint density at radius 3 is 2.75 bits per heavy atom. The third kappa shape index (κ3) is 2.84. The molecule has 1 aromatic rings. The van der Waals surface area contributed by atoms with Gasteiger partial charge in [0.05, 0.1) is 17.6 Å². The molecule has 1 aliphatic rings. The lowest BCUT2D eigenvalue weighted by molar-refractivity contribution is 0.0596. The maximum Gasteiger partial charge on any atom is 0.339 e. The quantitative estimate of drug-likeness (QED) is 0.820. The Morgan fingerprint density at radius 1 is 1.40 bits per heavy atom. The second kappa shape index (κ2) is 5.90.